The van der Waals surface area contributed by atoms with Gasteiger partial charge in [-0.1, -0.05) is 13.8 Å². The number of thioether (sulfide) groups is 1. The summed E-state index contributed by atoms with van der Waals surface area (Å²) in [7, 11) is 0. The lowest BCUT2D eigenvalue weighted by molar-refractivity contribution is -0.128. The lowest BCUT2D eigenvalue weighted by Crippen LogP contribution is -2.47. The monoisotopic (exact) mass is 340 g/mol. The van der Waals surface area contributed by atoms with Crippen LogP contribution < -0.4 is 11.1 Å². The van der Waals surface area contributed by atoms with Gasteiger partial charge in [-0.2, -0.15) is 0 Å². The number of aliphatic imine (C=N–C) groups is 1. The quantitative estimate of drug-likeness (QED) is 0.811. The van der Waals surface area contributed by atoms with Crippen LogP contribution in [0, 0.1) is 5.92 Å². The smallest absolute Gasteiger partial charge is 0.246 e. The maximum absolute atomic E-state index is 12.3. The predicted octanol–water partition coefficient (Wildman–Crippen LogP) is 1.19. The van der Waals surface area contributed by atoms with Crippen molar-refractivity contribution >= 4 is 39.8 Å². The third kappa shape index (κ3) is 3.93. The van der Waals surface area contributed by atoms with E-state index in [1.54, 1.807) is 0 Å². The highest BCUT2D eigenvalue weighted by Crippen LogP contribution is 2.24. The van der Waals surface area contributed by atoms with Crippen molar-refractivity contribution in [1.29, 1.82) is 0 Å². The van der Waals surface area contributed by atoms with Gasteiger partial charge in [-0.15, -0.1) is 23.1 Å². The maximum Gasteiger partial charge on any atom is 0.246 e. The Bertz CT molecular complexity index is 597. The predicted molar refractivity (Wildman–Crippen MR) is 90.2 cm³/mol. The number of hydrogen-bond donors (Lipinski definition) is 2. The fourth-order valence-electron chi connectivity index (χ4n) is 2.14. The zero-order chi connectivity index (χ0) is 16.3. The van der Waals surface area contributed by atoms with E-state index in [2.05, 4.69) is 15.3 Å². The van der Waals surface area contributed by atoms with E-state index in [4.69, 9.17) is 5.73 Å². The molecule has 22 heavy (non-hydrogen) atoms. The van der Waals surface area contributed by atoms with Crippen LogP contribution in [0.2, 0.25) is 0 Å². The molecule has 8 heteroatoms. The molecule has 3 N–H and O–H groups in total. The maximum atomic E-state index is 12.3. The van der Waals surface area contributed by atoms with Crippen molar-refractivity contribution in [3.05, 3.63) is 16.1 Å². The van der Waals surface area contributed by atoms with E-state index in [1.165, 1.54) is 30.0 Å². The number of carbonyl (C=O) groups excluding carboxylic acids is 2. The molecule has 0 bridgehead atoms. The Kier molecular flexibility index (Phi) is 5.71. The number of rotatable bonds is 6. The average molecular weight is 340 g/mol. The van der Waals surface area contributed by atoms with Gasteiger partial charge < -0.3 is 11.1 Å². The summed E-state index contributed by atoms with van der Waals surface area (Å²) in [4.78, 5) is 32.7. The van der Waals surface area contributed by atoms with Crippen LogP contribution in [-0.2, 0) is 16.1 Å². The summed E-state index contributed by atoms with van der Waals surface area (Å²) in [5.74, 6) is 0.389. The molecule has 2 heterocycles. The van der Waals surface area contributed by atoms with Crippen LogP contribution in [0.1, 0.15) is 31.5 Å². The minimum absolute atomic E-state index is 0.0368. The zero-order valence-electron chi connectivity index (χ0n) is 12.8. The summed E-state index contributed by atoms with van der Waals surface area (Å²) in [6.45, 7) is 5.72. The van der Waals surface area contributed by atoms with E-state index in [1.807, 2.05) is 19.2 Å². The van der Waals surface area contributed by atoms with E-state index in [9.17, 15) is 9.59 Å². The lowest BCUT2D eigenvalue weighted by Gasteiger charge is -2.20. The fourth-order valence-corrected chi connectivity index (χ4v) is 3.87. The molecular formula is C14H20N4O2S2. The molecule has 0 saturated heterocycles. The fraction of sp³-hybridized carbons (Fsp3) is 0.571. The van der Waals surface area contributed by atoms with Crippen LogP contribution in [0.4, 0.5) is 0 Å². The summed E-state index contributed by atoms with van der Waals surface area (Å²) in [6.07, 6.45) is 0. The van der Waals surface area contributed by atoms with Gasteiger partial charge in [-0.3, -0.25) is 14.6 Å². The normalized spacial score (nSPS) is 19.1. The Morgan fingerprint density at radius 3 is 2.77 bits per heavy atom. The molecule has 2 atom stereocenters. The largest absolute Gasteiger partial charge is 0.344 e. The lowest BCUT2D eigenvalue weighted by atomic mass is 10.0. The summed E-state index contributed by atoms with van der Waals surface area (Å²) in [5, 5.41) is 6.32. The van der Waals surface area contributed by atoms with Gasteiger partial charge in [0.25, 0.3) is 0 Å². The van der Waals surface area contributed by atoms with E-state index in [-0.39, 0.29) is 17.6 Å². The van der Waals surface area contributed by atoms with Crippen molar-refractivity contribution in [2.45, 2.75) is 39.4 Å². The minimum Gasteiger partial charge on any atom is -0.344 e. The summed E-state index contributed by atoms with van der Waals surface area (Å²) in [5.41, 5.74) is 6.33. The first-order valence-corrected chi connectivity index (χ1v) is 8.95. The van der Waals surface area contributed by atoms with Crippen molar-refractivity contribution in [1.82, 2.24) is 10.3 Å². The number of nitrogens with two attached hydrogens (primary N) is 1. The first-order chi connectivity index (χ1) is 10.4. The standard InChI is InChI=1S/C14H20N4O2S2/c1-7(2)12(8(3)19)18-13(20)9-5-22-14(17-9)10-6-21-11(4-15)16-10/h6-7,9,12H,4-5,15H2,1-3H3,(H,18,20)/t9-,12?/m0/s1. The summed E-state index contributed by atoms with van der Waals surface area (Å²) >= 11 is 3.00. The summed E-state index contributed by atoms with van der Waals surface area (Å²) in [6, 6.07) is -0.927. The molecule has 0 aromatic carbocycles. The van der Waals surface area contributed by atoms with Gasteiger partial charge >= 0.3 is 0 Å². The number of ketones is 1. The van der Waals surface area contributed by atoms with Crippen molar-refractivity contribution in [2.75, 3.05) is 5.75 Å². The van der Waals surface area contributed by atoms with Crippen LogP contribution in [0.25, 0.3) is 0 Å². The minimum atomic E-state index is -0.469. The molecule has 1 aliphatic rings. The molecule has 1 aromatic heterocycles. The average Bonchev–Trinajstić information content (AvgIpc) is 3.11. The van der Waals surface area contributed by atoms with Crippen molar-refractivity contribution in [2.24, 2.45) is 16.6 Å². The van der Waals surface area contributed by atoms with Crippen LogP contribution in [0.5, 0.6) is 0 Å². The van der Waals surface area contributed by atoms with E-state index in [0.717, 1.165) is 15.7 Å². The Labute approximate surface area is 138 Å². The number of amides is 1. The Morgan fingerprint density at radius 1 is 1.50 bits per heavy atom. The molecule has 2 rings (SSSR count). The number of Topliss-reactive ketones (excluding diaryl/α,β-unsaturated/α-hetero) is 1. The number of aromatic nitrogens is 1. The van der Waals surface area contributed by atoms with Gasteiger partial charge in [0.05, 0.1) is 6.04 Å². The molecule has 0 radical (unpaired) electrons. The van der Waals surface area contributed by atoms with E-state index in [0.29, 0.717) is 12.3 Å². The van der Waals surface area contributed by atoms with Gasteiger partial charge in [0.1, 0.15) is 21.8 Å². The molecule has 0 spiro atoms. The first kappa shape index (κ1) is 17.1. The molecule has 0 aliphatic carbocycles. The molecule has 0 saturated carbocycles. The molecule has 1 aromatic rings. The van der Waals surface area contributed by atoms with E-state index >= 15 is 0 Å². The second kappa shape index (κ2) is 7.34. The van der Waals surface area contributed by atoms with Gasteiger partial charge in [-0.05, 0) is 12.8 Å². The third-order valence-electron chi connectivity index (χ3n) is 3.30. The number of hydrogen-bond acceptors (Lipinski definition) is 7. The van der Waals surface area contributed by atoms with Crippen LogP contribution >= 0.6 is 23.1 Å². The van der Waals surface area contributed by atoms with Gasteiger partial charge in [0.2, 0.25) is 5.91 Å². The molecule has 6 nitrogen and oxygen atoms in total. The second-order valence-corrected chi connectivity index (χ2v) is 7.38. The van der Waals surface area contributed by atoms with Crippen molar-refractivity contribution in [3.8, 4) is 0 Å². The number of thiazole rings is 1. The highest BCUT2D eigenvalue weighted by atomic mass is 32.2. The van der Waals surface area contributed by atoms with Crippen molar-refractivity contribution in [3.63, 3.8) is 0 Å². The molecule has 0 fully saturated rings. The zero-order valence-corrected chi connectivity index (χ0v) is 14.5. The molecule has 1 unspecified atom stereocenters. The van der Waals surface area contributed by atoms with E-state index < -0.39 is 12.1 Å². The van der Waals surface area contributed by atoms with Gasteiger partial charge in [0, 0.05) is 17.7 Å². The number of carbonyl (C=O) groups is 2. The van der Waals surface area contributed by atoms with Crippen LogP contribution in [0.15, 0.2) is 10.4 Å². The topological polar surface area (TPSA) is 97.4 Å². The highest BCUT2D eigenvalue weighted by Gasteiger charge is 2.30. The Balaban J connectivity index is 2.04. The SMILES string of the molecule is CC(=O)C(NC(=O)[C@@H]1CSC(c2csc(CN)n2)=N1)C(C)C. The van der Waals surface area contributed by atoms with Crippen LogP contribution in [-0.4, -0.2) is 39.6 Å². The molecule has 1 aliphatic heterocycles. The second-order valence-electron chi connectivity index (χ2n) is 5.43. The van der Waals surface area contributed by atoms with Crippen molar-refractivity contribution < 1.29 is 9.59 Å². The van der Waals surface area contributed by atoms with Crippen LogP contribution in [0.3, 0.4) is 0 Å². The molecule has 1 amide bonds. The Morgan fingerprint density at radius 2 is 2.23 bits per heavy atom. The third-order valence-corrected chi connectivity index (χ3v) is 5.24. The number of nitrogens with zero attached hydrogens (tertiary/aromatic N) is 2. The Hall–Kier alpha value is -1.25. The van der Waals surface area contributed by atoms with Gasteiger partial charge in [-0.25, -0.2) is 4.98 Å². The molecule has 120 valence electrons. The molecular weight excluding hydrogens is 320 g/mol. The first-order valence-electron chi connectivity index (χ1n) is 7.08. The number of nitrogens with one attached hydrogen (secondary N) is 1. The highest BCUT2D eigenvalue weighted by molar-refractivity contribution is 8.14. The summed E-state index contributed by atoms with van der Waals surface area (Å²) < 4.78 is 0. The van der Waals surface area contributed by atoms with Gasteiger partial charge in [0.15, 0.2) is 5.78 Å².